The number of hydrogen-bond acceptors (Lipinski definition) is 5. The van der Waals surface area contributed by atoms with Gasteiger partial charge in [0.15, 0.2) is 0 Å². The molecular formula is C12H13N3O3. The first kappa shape index (κ1) is 12.5. The van der Waals surface area contributed by atoms with Crippen LogP contribution in [-0.4, -0.2) is 51.3 Å². The molecule has 1 aromatic rings. The zero-order valence-electron chi connectivity index (χ0n) is 9.87. The Kier molecular flexibility index (Phi) is 3.28. The second-order valence-electron chi connectivity index (χ2n) is 4.29. The number of aliphatic hydroxyl groups is 2. The fraction of sp³-hybridized carbons (Fsp3) is 0.417. The van der Waals surface area contributed by atoms with Crippen molar-refractivity contribution in [2.24, 2.45) is 0 Å². The second-order valence-corrected chi connectivity index (χ2v) is 4.29. The molecule has 1 aliphatic rings. The standard InChI is InChI=1S/C12H13N3O3/c1-7-8(4-13)2-3-9(14-7)12(18)15-5-10(16)11(17)6-15/h2-3,10-11,16-17H,5-6H2,1H3/t10-,11+. The molecule has 0 radical (unpaired) electrons. The lowest BCUT2D eigenvalue weighted by Gasteiger charge is -2.14. The van der Waals surface area contributed by atoms with Crippen LogP contribution in [0.3, 0.4) is 0 Å². The minimum absolute atomic E-state index is 0.0979. The Morgan fingerprint density at radius 1 is 1.44 bits per heavy atom. The smallest absolute Gasteiger partial charge is 0.272 e. The van der Waals surface area contributed by atoms with E-state index in [1.54, 1.807) is 13.0 Å². The van der Waals surface area contributed by atoms with Crippen molar-refractivity contribution in [1.29, 1.82) is 5.26 Å². The molecule has 0 bridgehead atoms. The molecule has 0 unspecified atom stereocenters. The molecule has 0 saturated carbocycles. The average molecular weight is 247 g/mol. The van der Waals surface area contributed by atoms with Gasteiger partial charge in [0.05, 0.1) is 23.5 Å². The summed E-state index contributed by atoms with van der Waals surface area (Å²) in [6.07, 6.45) is -1.82. The summed E-state index contributed by atoms with van der Waals surface area (Å²) in [6, 6.07) is 4.99. The zero-order chi connectivity index (χ0) is 13.3. The van der Waals surface area contributed by atoms with Crippen LogP contribution >= 0.6 is 0 Å². The van der Waals surface area contributed by atoms with Crippen molar-refractivity contribution < 1.29 is 15.0 Å². The Bertz CT molecular complexity index is 514. The molecule has 0 spiro atoms. The van der Waals surface area contributed by atoms with Crippen LogP contribution in [0.5, 0.6) is 0 Å². The van der Waals surface area contributed by atoms with Crippen molar-refractivity contribution in [3.63, 3.8) is 0 Å². The molecule has 18 heavy (non-hydrogen) atoms. The third-order valence-corrected chi connectivity index (χ3v) is 2.97. The molecule has 0 aliphatic carbocycles. The topological polar surface area (TPSA) is 97.5 Å². The monoisotopic (exact) mass is 247 g/mol. The van der Waals surface area contributed by atoms with Gasteiger partial charge in [-0.05, 0) is 19.1 Å². The van der Waals surface area contributed by atoms with Gasteiger partial charge in [0, 0.05) is 13.1 Å². The van der Waals surface area contributed by atoms with Crippen molar-refractivity contribution in [1.82, 2.24) is 9.88 Å². The van der Waals surface area contributed by atoms with Crippen LogP contribution in [0.25, 0.3) is 0 Å². The molecule has 1 fully saturated rings. The molecule has 6 nitrogen and oxygen atoms in total. The van der Waals surface area contributed by atoms with Gasteiger partial charge in [-0.1, -0.05) is 0 Å². The number of pyridine rings is 1. The van der Waals surface area contributed by atoms with E-state index in [1.165, 1.54) is 11.0 Å². The number of carbonyl (C=O) groups excluding carboxylic acids is 1. The third-order valence-electron chi connectivity index (χ3n) is 2.97. The van der Waals surface area contributed by atoms with Gasteiger partial charge >= 0.3 is 0 Å². The second kappa shape index (κ2) is 4.72. The number of nitrogens with zero attached hydrogens (tertiary/aromatic N) is 3. The molecule has 2 heterocycles. The molecule has 1 saturated heterocycles. The maximum absolute atomic E-state index is 12.0. The lowest BCUT2D eigenvalue weighted by molar-refractivity contribution is 0.0572. The van der Waals surface area contributed by atoms with E-state index in [9.17, 15) is 15.0 Å². The Balaban J connectivity index is 2.20. The maximum atomic E-state index is 12.0. The summed E-state index contributed by atoms with van der Waals surface area (Å²) in [5, 5.41) is 27.6. The summed E-state index contributed by atoms with van der Waals surface area (Å²) in [7, 11) is 0. The number of amides is 1. The normalized spacial score (nSPS) is 22.9. The van der Waals surface area contributed by atoms with E-state index >= 15 is 0 Å². The predicted molar refractivity (Wildman–Crippen MR) is 61.6 cm³/mol. The Labute approximate surface area is 104 Å². The Hall–Kier alpha value is -1.97. The summed E-state index contributed by atoms with van der Waals surface area (Å²) in [6.45, 7) is 1.85. The van der Waals surface area contributed by atoms with Crippen molar-refractivity contribution in [3.8, 4) is 6.07 Å². The zero-order valence-corrected chi connectivity index (χ0v) is 9.87. The van der Waals surface area contributed by atoms with Gasteiger partial charge in [-0.15, -0.1) is 0 Å². The highest BCUT2D eigenvalue weighted by atomic mass is 16.3. The number of β-amino-alcohol motifs (C(OH)–C–C–N with tert-alkyl or cyclic N) is 2. The fourth-order valence-corrected chi connectivity index (χ4v) is 1.90. The highest BCUT2D eigenvalue weighted by molar-refractivity contribution is 5.92. The van der Waals surface area contributed by atoms with Gasteiger partial charge in [-0.25, -0.2) is 4.98 Å². The van der Waals surface area contributed by atoms with Crippen LogP contribution in [0.2, 0.25) is 0 Å². The first-order chi connectivity index (χ1) is 8.52. The van der Waals surface area contributed by atoms with Crippen LogP contribution in [0.1, 0.15) is 21.7 Å². The minimum atomic E-state index is -0.909. The first-order valence-electron chi connectivity index (χ1n) is 5.56. The van der Waals surface area contributed by atoms with Crippen molar-refractivity contribution >= 4 is 5.91 Å². The highest BCUT2D eigenvalue weighted by Crippen LogP contribution is 2.14. The summed E-state index contributed by atoms with van der Waals surface area (Å²) in [4.78, 5) is 17.5. The van der Waals surface area contributed by atoms with Crippen LogP contribution < -0.4 is 0 Å². The first-order valence-corrected chi connectivity index (χ1v) is 5.56. The van der Waals surface area contributed by atoms with Crippen molar-refractivity contribution in [3.05, 3.63) is 29.1 Å². The van der Waals surface area contributed by atoms with E-state index in [-0.39, 0.29) is 24.7 Å². The number of likely N-dealkylation sites (tertiary alicyclic amines) is 1. The summed E-state index contributed by atoms with van der Waals surface area (Å²) < 4.78 is 0. The molecule has 2 N–H and O–H groups in total. The van der Waals surface area contributed by atoms with Crippen molar-refractivity contribution in [2.45, 2.75) is 19.1 Å². The van der Waals surface area contributed by atoms with E-state index in [2.05, 4.69) is 4.98 Å². The van der Waals surface area contributed by atoms with E-state index in [4.69, 9.17) is 5.26 Å². The highest BCUT2D eigenvalue weighted by Gasteiger charge is 2.33. The Morgan fingerprint density at radius 2 is 2.06 bits per heavy atom. The molecule has 1 aliphatic heterocycles. The minimum Gasteiger partial charge on any atom is -0.388 e. The predicted octanol–water partition coefficient (Wildman–Crippen LogP) is -0.561. The number of nitriles is 1. The third kappa shape index (κ3) is 2.18. The van der Waals surface area contributed by atoms with E-state index < -0.39 is 12.2 Å². The van der Waals surface area contributed by atoms with Crippen LogP contribution in [-0.2, 0) is 0 Å². The number of carbonyl (C=O) groups is 1. The van der Waals surface area contributed by atoms with Gasteiger partial charge in [-0.2, -0.15) is 5.26 Å². The summed E-state index contributed by atoms with van der Waals surface area (Å²) >= 11 is 0. The van der Waals surface area contributed by atoms with Crippen LogP contribution in [0.4, 0.5) is 0 Å². The number of rotatable bonds is 1. The van der Waals surface area contributed by atoms with E-state index in [0.717, 1.165) is 0 Å². The lowest BCUT2D eigenvalue weighted by Crippen LogP contribution is -2.30. The largest absolute Gasteiger partial charge is 0.388 e. The molecule has 2 atom stereocenters. The average Bonchev–Trinajstić information content (AvgIpc) is 2.68. The Morgan fingerprint density at radius 3 is 2.56 bits per heavy atom. The molecular weight excluding hydrogens is 234 g/mol. The molecule has 1 amide bonds. The van der Waals surface area contributed by atoms with Gasteiger partial charge < -0.3 is 15.1 Å². The van der Waals surface area contributed by atoms with Crippen molar-refractivity contribution in [2.75, 3.05) is 13.1 Å². The van der Waals surface area contributed by atoms with Gasteiger partial charge in [-0.3, -0.25) is 4.79 Å². The van der Waals surface area contributed by atoms with E-state index in [0.29, 0.717) is 11.3 Å². The number of hydrogen-bond donors (Lipinski definition) is 2. The molecule has 1 aromatic heterocycles. The quantitative estimate of drug-likeness (QED) is 0.693. The number of aliphatic hydroxyl groups excluding tert-OH is 2. The summed E-state index contributed by atoms with van der Waals surface area (Å²) in [5.41, 5.74) is 1.13. The molecule has 94 valence electrons. The lowest BCUT2D eigenvalue weighted by atomic mass is 10.2. The molecule has 0 aromatic carbocycles. The fourth-order valence-electron chi connectivity index (χ4n) is 1.90. The van der Waals surface area contributed by atoms with E-state index in [1.807, 2.05) is 6.07 Å². The molecule has 6 heteroatoms. The van der Waals surface area contributed by atoms with Crippen LogP contribution in [0.15, 0.2) is 12.1 Å². The SMILES string of the molecule is Cc1nc(C(=O)N2C[C@@H](O)[C@@H](O)C2)ccc1C#N. The van der Waals surface area contributed by atoms with Crippen LogP contribution in [0, 0.1) is 18.3 Å². The summed E-state index contributed by atoms with van der Waals surface area (Å²) in [5.74, 6) is -0.349. The van der Waals surface area contributed by atoms with Gasteiger partial charge in [0.2, 0.25) is 0 Å². The number of aryl methyl sites for hydroxylation is 1. The number of aromatic nitrogens is 1. The van der Waals surface area contributed by atoms with Gasteiger partial charge in [0.25, 0.3) is 5.91 Å². The molecule has 2 rings (SSSR count). The maximum Gasteiger partial charge on any atom is 0.272 e. The van der Waals surface area contributed by atoms with Gasteiger partial charge in [0.1, 0.15) is 11.8 Å².